The third kappa shape index (κ3) is 5.75. The van der Waals surface area contributed by atoms with Crippen LogP contribution in [0.15, 0.2) is 23.3 Å². The Bertz CT molecular complexity index is 803. The Morgan fingerprint density at radius 1 is 1.37 bits per heavy atom. The molecular weight excluding hydrogens is 362 g/mol. The number of guanidine groups is 1. The van der Waals surface area contributed by atoms with E-state index in [1.165, 1.54) is 11.3 Å². The second-order valence-electron chi connectivity index (χ2n) is 6.02. The molecule has 27 heavy (non-hydrogen) atoms. The quantitative estimate of drug-likeness (QED) is 0.430. The van der Waals surface area contributed by atoms with Gasteiger partial charge in [0, 0.05) is 12.7 Å². The van der Waals surface area contributed by atoms with E-state index < -0.39 is 0 Å². The molecule has 1 unspecified atom stereocenters. The number of aliphatic imine (C=N–C) groups is 1. The number of pyridine rings is 1. The third-order valence-corrected chi connectivity index (χ3v) is 5.17. The Hall–Kier alpha value is -2.48. The van der Waals surface area contributed by atoms with E-state index in [1.54, 1.807) is 13.1 Å². The molecule has 146 valence electrons. The maximum absolute atomic E-state index is 12.0. The molecule has 0 aromatic carbocycles. The highest BCUT2D eigenvalue weighted by Crippen LogP contribution is 2.24. The maximum atomic E-state index is 12.0. The van der Waals surface area contributed by atoms with Crippen molar-refractivity contribution in [1.29, 1.82) is 0 Å². The lowest BCUT2D eigenvalue weighted by Gasteiger charge is -2.16. The molecule has 7 nitrogen and oxygen atoms in total. The number of esters is 1. The van der Waals surface area contributed by atoms with Crippen LogP contribution in [0.5, 0.6) is 0 Å². The molecule has 0 fully saturated rings. The number of nitrogens with zero attached hydrogens (tertiary/aromatic N) is 3. The van der Waals surface area contributed by atoms with Gasteiger partial charge in [0.25, 0.3) is 0 Å². The van der Waals surface area contributed by atoms with Gasteiger partial charge >= 0.3 is 5.97 Å². The van der Waals surface area contributed by atoms with Crippen molar-refractivity contribution in [3.05, 3.63) is 45.2 Å². The van der Waals surface area contributed by atoms with Crippen LogP contribution in [0.2, 0.25) is 0 Å². The Balaban J connectivity index is 2.11. The van der Waals surface area contributed by atoms with Crippen LogP contribution in [0, 0.1) is 13.8 Å². The number of hydrogen-bond donors (Lipinski definition) is 2. The minimum absolute atomic E-state index is 0.0977. The number of rotatable bonds is 7. The van der Waals surface area contributed by atoms with Gasteiger partial charge in [0.15, 0.2) is 5.96 Å². The van der Waals surface area contributed by atoms with Gasteiger partial charge in [0.1, 0.15) is 9.88 Å². The predicted octanol–water partition coefficient (Wildman–Crippen LogP) is 3.15. The van der Waals surface area contributed by atoms with Gasteiger partial charge in [-0.3, -0.25) is 4.98 Å². The number of hydrogen-bond acceptors (Lipinski definition) is 6. The Morgan fingerprint density at radius 2 is 2.15 bits per heavy atom. The van der Waals surface area contributed by atoms with Crippen LogP contribution in [0.25, 0.3) is 0 Å². The number of carbonyl (C=O) groups excluding carboxylic acids is 1. The van der Waals surface area contributed by atoms with Gasteiger partial charge in [-0.05, 0) is 46.2 Å². The second kappa shape index (κ2) is 10.0. The second-order valence-corrected chi connectivity index (χ2v) is 7.05. The van der Waals surface area contributed by atoms with Crippen molar-refractivity contribution in [2.24, 2.45) is 4.99 Å². The molecule has 2 heterocycles. The van der Waals surface area contributed by atoms with Crippen molar-refractivity contribution in [2.45, 2.75) is 47.2 Å². The Morgan fingerprint density at radius 3 is 2.81 bits per heavy atom. The monoisotopic (exact) mass is 389 g/mol. The van der Waals surface area contributed by atoms with Gasteiger partial charge in [-0.1, -0.05) is 6.07 Å². The van der Waals surface area contributed by atoms with Crippen molar-refractivity contribution in [3.8, 4) is 0 Å². The summed E-state index contributed by atoms with van der Waals surface area (Å²) in [6.45, 7) is 11.2. The molecular formula is C19H27N5O2S. The summed E-state index contributed by atoms with van der Waals surface area (Å²) >= 11 is 1.35. The van der Waals surface area contributed by atoms with Crippen molar-refractivity contribution in [3.63, 3.8) is 0 Å². The van der Waals surface area contributed by atoms with Crippen LogP contribution in [-0.4, -0.2) is 35.0 Å². The molecule has 0 bridgehead atoms. The topological polar surface area (TPSA) is 88.5 Å². The van der Waals surface area contributed by atoms with Crippen LogP contribution in [0.3, 0.4) is 0 Å². The summed E-state index contributed by atoms with van der Waals surface area (Å²) in [5.41, 5.74) is 2.74. The zero-order chi connectivity index (χ0) is 19.8. The zero-order valence-electron chi connectivity index (χ0n) is 16.5. The van der Waals surface area contributed by atoms with Crippen molar-refractivity contribution < 1.29 is 9.53 Å². The first-order valence-electron chi connectivity index (χ1n) is 9.06. The van der Waals surface area contributed by atoms with E-state index >= 15 is 0 Å². The van der Waals surface area contributed by atoms with Crippen molar-refractivity contribution in [1.82, 2.24) is 20.6 Å². The number of ether oxygens (including phenoxy) is 1. The van der Waals surface area contributed by atoms with E-state index in [-0.39, 0.29) is 12.0 Å². The van der Waals surface area contributed by atoms with E-state index in [1.807, 2.05) is 39.8 Å². The summed E-state index contributed by atoms with van der Waals surface area (Å²) in [4.78, 5) is 26.1. The van der Waals surface area contributed by atoms with Crippen LogP contribution >= 0.6 is 11.3 Å². The highest BCUT2D eigenvalue weighted by molar-refractivity contribution is 7.13. The van der Waals surface area contributed by atoms with E-state index in [2.05, 4.69) is 25.6 Å². The SMILES string of the molecule is CCNC(=NCc1ncccc1C)NC(C)c1nc(C)c(C(=O)OCC)s1. The van der Waals surface area contributed by atoms with Crippen LogP contribution in [-0.2, 0) is 11.3 Å². The lowest BCUT2D eigenvalue weighted by molar-refractivity contribution is 0.0531. The summed E-state index contributed by atoms with van der Waals surface area (Å²) < 4.78 is 5.09. The molecule has 0 spiro atoms. The van der Waals surface area contributed by atoms with Crippen LogP contribution in [0.4, 0.5) is 0 Å². The molecule has 8 heteroatoms. The average Bonchev–Trinajstić information content (AvgIpc) is 3.03. The fraction of sp³-hybridized carbons (Fsp3) is 0.474. The molecule has 2 aromatic rings. The molecule has 0 saturated carbocycles. The minimum Gasteiger partial charge on any atom is -0.462 e. The molecule has 0 aliphatic carbocycles. The summed E-state index contributed by atoms with van der Waals surface area (Å²) in [6.07, 6.45) is 1.77. The molecule has 2 rings (SSSR count). The maximum Gasteiger partial charge on any atom is 0.350 e. The molecule has 2 aromatic heterocycles. The Labute approximate surface area is 164 Å². The lowest BCUT2D eigenvalue weighted by Crippen LogP contribution is -2.38. The number of thiazole rings is 1. The largest absolute Gasteiger partial charge is 0.462 e. The first kappa shape index (κ1) is 20.8. The van der Waals surface area contributed by atoms with Gasteiger partial charge in [-0.25, -0.2) is 14.8 Å². The first-order chi connectivity index (χ1) is 13.0. The van der Waals surface area contributed by atoms with Crippen LogP contribution in [0.1, 0.15) is 58.4 Å². The summed E-state index contributed by atoms with van der Waals surface area (Å²) in [5, 5.41) is 7.39. The molecule has 0 saturated heterocycles. The number of aromatic nitrogens is 2. The Kier molecular flexibility index (Phi) is 7.72. The van der Waals surface area contributed by atoms with Crippen molar-refractivity contribution >= 4 is 23.3 Å². The zero-order valence-corrected chi connectivity index (χ0v) is 17.3. The van der Waals surface area contributed by atoms with Gasteiger partial charge < -0.3 is 15.4 Å². The smallest absolute Gasteiger partial charge is 0.350 e. The van der Waals surface area contributed by atoms with Gasteiger partial charge in [0.2, 0.25) is 0 Å². The molecule has 0 radical (unpaired) electrons. The predicted molar refractivity (Wildman–Crippen MR) is 108 cm³/mol. The molecule has 2 N–H and O–H groups in total. The highest BCUT2D eigenvalue weighted by atomic mass is 32.1. The summed E-state index contributed by atoms with van der Waals surface area (Å²) in [5.74, 6) is 0.359. The van der Waals surface area contributed by atoms with E-state index in [9.17, 15) is 4.79 Å². The van der Waals surface area contributed by atoms with Gasteiger partial charge in [-0.15, -0.1) is 11.3 Å². The molecule has 0 aliphatic heterocycles. The number of aryl methyl sites for hydroxylation is 2. The lowest BCUT2D eigenvalue weighted by atomic mass is 10.2. The van der Waals surface area contributed by atoms with Gasteiger partial charge in [0.05, 0.1) is 30.6 Å². The standard InChI is InChI=1S/C19H27N5O2S/c1-6-20-19(22-11-15-12(3)9-8-10-21-15)24-14(5)17-23-13(4)16(27-17)18(25)26-7-2/h8-10,14H,6-7,11H2,1-5H3,(H2,20,22,24). The minimum atomic E-state index is -0.322. The van der Waals surface area contributed by atoms with E-state index in [0.29, 0.717) is 29.7 Å². The molecule has 0 aliphatic rings. The highest BCUT2D eigenvalue weighted by Gasteiger charge is 2.20. The number of nitrogens with one attached hydrogen (secondary N) is 2. The van der Waals surface area contributed by atoms with Crippen LogP contribution < -0.4 is 10.6 Å². The van der Waals surface area contributed by atoms with Crippen molar-refractivity contribution in [2.75, 3.05) is 13.2 Å². The van der Waals surface area contributed by atoms with E-state index in [4.69, 9.17) is 4.74 Å². The normalized spacial score (nSPS) is 12.6. The summed E-state index contributed by atoms with van der Waals surface area (Å²) in [6, 6.07) is 3.84. The average molecular weight is 390 g/mol. The third-order valence-electron chi connectivity index (χ3n) is 3.85. The van der Waals surface area contributed by atoms with Gasteiger partial charge in [-0.2, -0.15) is 0 Å². The fourth-order valence-corrected chi connectivity index (χ4v) is 3.38. The molecule has 1 atom stereocenters. The molecule has 0 amide bonds. The van der Waals surface area contributed by atoms with E-state index in [0.717, 1.165) is 22.8 Å². The number of carbonyl (C=O) groups is 1. The first-order valence-corrected chi connectivity index (χ1v) is 9.87. The summed E-state index contributed by atoms with van der Waals surface area (Å²) in [7, 11) is 0. The fourth-order valence-electron chi connectivity index (χ4n) is 2.41.